The molecule has 1 unspecified atom stereocenters. The first-order valence-corrected chi connectivity index (χ1v) is 5.36. The minimum atomic E-state index is -1.58. The number of carbonyl (C=O) groups excluding carboxylic acids is 4. The number of Topliss-reactive ketones (excluding diaryl/α,β-unsaturated/α-hetero) is 1. The molecule has 1 saturated heterocycles. The van der Waals surface area contributed by atoms with Crippen molar-refractivity contribution in [3.63, 3.8) is 0 Å². The van der Waals surface area contributed by atoms with Gasteiger partial charge >= 0.3 is 6.03 Å². The molecule has 1 aromatic rings. The summed E-state index contributed by atoms with van der Waals surface area (Å²) in [6, 6.07) is 3.74. The van der Waals surface area contributed by atoms with Crippen LogP contribution in [-0.2, 0) is 14.4 Å². The summed E-state index contributed by atoms with van der Waals surface area (Å²) in [5, 5.41) is 1.89. The van der Waals surface area contributed by atoms with E-state index in [9.17, 15) is 23.6 Å². The van der Waals surface area contributed by atoms with Crippen LogP contribution < -0.4 is 10.2 Å². The molecule has 1 aliphatic heterocycles. The Balaban J connectivity index is 2.44. The highest BCUT2D eigenvalue weighted by Crippen LogP contribution is 2.21. The Morgan fingerprint density at radius 3 is 2.58 bits per heavy atom. The lowest BCUT2D eigenvalue weighted by Gasteiger charge is -2.28. The van der Waals surface area contributed by atoms with Gasteiger partial charge in [0.25, 0.3) is 5.91 Å². The first-order valence-electron chi connectivity index (χ1n) is 5.36. The van der Waals surface area contributed by atoms with Crippen molar-refractivity contribution < 1.29 is 23.6 Å². The molecule has 7 heteroatoms. The van der Waals surface area contributed by atoms with Gasteiger partial charge in [-0.2, -0.15) is 0 Å². The molecule has 1 heterocycles. The van der Waals surface area contributed by atoms with Gasteiger partial charge in [0.2, 0.25) is 5.91 Å². The van der Waals surface area contributed by atoms with Crippen LogP contribution in [0.4, 0.5) is 14.9 Å². The van der Waals surface area contributed by atoms with E-state index in [0.29, 0.717) is 4.90 Å². The van der Waals surface area contributed by atoms with Crippen LogP contribution in [0.25, 0.3) is 0 Å². The number of carbonyl (C=O) groups is 4. The molecule has 1 fully saturated rings. The SMILES string of the molecule is CC(=O)C1C(=O)NC(=O)N(c2cccc(F)c2)C1=O. The van der Waals surface area contributed by atoms with Crippen LogP contribution in [0.2, 0.25) is 0 Å². The maximum absolute atomic E-state index is 13.1. The third-order valence-corrected chi connectivity index (χ3v) is 2.64. The van der Waals surface area contributed by atoms with Crippen LogP contribution in [0.1, 0.15) is 6.92 Å². The van der Waals surface area contributed by atoms with E-state index >= 15 is 0 Å². The van der Waals surface area contributed by atoms with Crippen molar-refractivity contribution in [3.8, 4) is 0 Å². The average Bonchev–Trinajstić information content (AvgIpc) is 2.27. The molecule has 0 aromatic heterocycles. The molecule has 19 heavy (non-hydrogen) atoms. The molecular formula is C12H9FN2O4. The zero-order valence-corrected chi connectivity index (χ0v) is 9.84. The van der Waals surface area contributed by atoms with Gasteiger partial charge in [-0.25, -0.2) is 14.1 Å². The van der Waals surface area contributed by atoms with Crippen LogP contribution in [-0.4, -0.2) is 23.6 Å². The number of amides is 4. The quantitative estimate of drug-likeness (QED) is 0.793. The van der Waals surface area contributed by atoms with Gasteiger partial charge in [0, 0.05) is 0 Å². The summed E-state index contributed by atoms with van der Waals surface area (Å²) in [7, 11) is 0. The second kappa shape index (κ2) is 4.60. The number of rotatable bonds is 2. The summed E-state index contributed by atoms with van der Waals surface area (Å²) in [5.74, 6) is -4.85. The Kier molecular flexibility index (Phi) is 3.12. The van der Waals surface area contributed by atoms with Crippen molar-refractivity contribution in [2.24, 2.45) is 5.92 Å². The Bertz CT molecular complexity index is 599. The van der Waals surface area contributed by atoms with Gasteiger partial charge in [0.05, 0.1) is 5.69 Å². The van der Waals surface area contributed by atoms with E-state index in [2.05, 4.69) is 0 Å². The highest BCUT2D eigenvalue weighted by Gasteiger charge is 2.43. The second-order valence-electron chi connectivity index (χ2n) is 3.99. The molecule has 98 valence electrons. The van der Waals surface area contributed by atoms with E-state index in [-0.39, 0.29) is 5.69 Å². The number of hydrogen-bond acceptors (Lipinski definition) is 4. The molecular weight excluding hydrogens is 255 g/mol. The summed E-state index contributed by atoms with van der Waals surface area (Å²) in [5.41, 5.74) is -0.0405. The highest BCUT2D eigenvalue weighted by molar-refractivity contribution is 6.34. The van der Waals surface area contributed by atoms with Crippen LogP contribution in [0.15, 0.2) is 24.3 Å². The van der Waals surface area contributed by atoms with E-state index < -0.39 is 35.4 Å². The zero-order valence-electron chi connectivity index (χ0n) is 9.84. The fourth-order valence-electron chi connectivity index (χ4n) is 1.79. The van der Waals surface area contributed by atoms with E-state index in [4.69, 9.17) is 0 Å². The van der Waals surface area contributed by atoms with Crippen molar-refractivity contribution in [2.75, 3.05) is 4.90 Å². The number of anilines is 1. The van der Waals surface area contributed by atoms with Crippen LogP contribution >= 0.6 is 0 Å². The standard InChI is InChI=1S/C12H9FN2O4/c1-6(16)9-10(17)14-12(19)15(11(9)18)8-4-2-3-7(13)5-8/h2-5,9H,1H3,(H,14,17,19). The normalized spacial score (nSPS) is 19.4. The Labute approximate surface area is 107 Å². The number of benzene rings is 1. The minimum absolute atomic E-state index is 0.0405. The molecule has 2 rings (SSSR count). The van der Waals surface area contributed by atoms with Gasteiger partial charge < -0.3 is 0 Å². The third kappa shape index (κ3) is 2.22. The first-order chi connectivity index (χ1) is 8.91. The Morgan fingerprint density at radius 1 is 1.32 bits per heavy atom. The molecule has 1 atom stereocenters. The van der Waals surface area contributed by atoms with E-state index in [0.717, 1.165) is 19.1 Å². The van der Waals surface area contributed by atoms with E-state index in [1.807, 2.05) is 5.32 Å². The lowest BCUT2D eigenvalue weighted by Crippen LogP contribution is -2.60. The van der Waals surface area contributed by atoms with Crippen molar-refractivity contribution in [1.82, 2.24) is 5.32 Å². The number of barbiturate groups is 1. The largest absolute Gasteiger partial charge is 0.335 e. The average molecular weight is 264 g/mol. The van der Waals surface area contributed by atoms with Gasteiger partial charge in [-0.15, -0.1) is 0 Å². The summed E-state index contributed by atoms with van der Waals surface area (Å²) >= 11 is 0. The number of imide groups is 2. The minimum Gasteiger partial charge on any atom is -0.299 e. The third-order valence-electron chi connectivity index (χ3n) is 2.64. The monoisotopic (exact) mass is 264 g/mol. The van der Waals surface area contributed by atoms with Gasteiger partial charge in [-0.1, -0.05) is 6.07 Å². The van der Waals surface area contributed by atoms with Crippen LogP contribution in [0, 0.1) is 11.7 Å². The molecule has 0 spiro atoms. The first kappa shape index (κ1) is 12.9. The van der Waals surface area contributed by atoms with Gasteiger partial charge in [-0.05, 0) is 25.1 Å². The van der Waals surface area contributed by atoms with E-state index in [1.165, 1.54) is 12.1 Å². The Hall–Kier alpha value is -2.57. The lowest BCUT2D eigenvalue weighted by molar-refractivity contribution is -0.140. The number of urea groups is 1. The van der Waals surface area contributed by atoms with Crippen molar-refractivity contribution in [3.05, 3.63) is 30.1 Å². The van der Waals surface area contributed by atoms with Crippen LogP contribution in [0.5, 0.6) is 0 Å². The van der Waals surface area contributed by atoms with Crippen molar-refractivity contribution in [2.45, 2.75) is 6.92 Å². The molecule has 6 nitrogen and oxygen atoms in total. The molecule has 1 N–H and O–H groups in total. The van der Waals surface area contributed by atoms with Crippen molar-refractivity contribution in [1.29, 1.82) is 0 Å². The fourth-order valence-corrected chi connectivity index (χ4v) is 1.79. The summed E-state index contributed by atoms with van der Waals surface area (Å²) in [6.07, 6.45) is 0. The number of hydrogen-bond donors (Lipinski definition) is 1. The maximum atomic E-state index is 13.1. The summed E-state index contributed by atoms with van der Waals surface area (Å²) < 4.78 is 13.1. The van der Waals surface area contributed by atoms with Gasteiger partial charge in [0.15, 0.2) is 11.7 Å². The van der Waals surface area contributed by atoms with Crippen LogP contribution in [0.3, 0.4) is 0 Å². The second-order valence-corrected chi connectivity index (χ2v) is 3.99. The number of nitrogens with one attached hydrogen (secondary N) is 1. The molecule has 0 bridgehead atoms. The molecule has 1 aromatic carbocycles. The summed E-state index contributed by atoms with van der Waals surface area (Å²) in [6.45, 7) is 1.07. The lowest BCUT2D eigenvalue weighted by atomic mass is 10.0. The van der Waals surface area contributed by atoms with Gasteiger partial charge in [0.1, 0.15) is 5.82 Å². The molecule has 0 radical (unpaired) electrons. The number of nitrogens with zero attached hydrogens (tertiary/aromatic N) is 1. The zero-order chi connectivity index (χ0) is 14.2. The van der Waals surface area contributed by atoms with Crippen molar-refractivity contribution >= 4 is 29.3 Å². The highest BCUT2D eigenvalue weighted by atomic mass is 19.1. The topological polar surface area (TPSA) is 83.6 Å². The molecule has 0 saturated carbocycles. The van der Waals surface area contributed by atoms with E-state index in [1.54, 1.807) is 0 Å². The Morgan fingerprint density at radius 2 is 2.00 bits per heavy atom. The molecule has 1 aliphatic rings. The fraction of sp³-hybridized carbons (Fsp3) is 0.167. The smallest absolute Gasteiger partial charge is 0.299 e. The van der Waals surface area contributed by atoms with Gasteiger partial charge in [-0.3, -0.25) is 19.7 Å². The summed E-state index contributed by atoms with van der Waals surface area (Å²) in [4.78, 5) is 46.9. The number of halogens is 1. The predicted molar refractivity (Wildman–Crippen MR) is 61.6 cm³/mol. The molecule has 0 aliphatic carbocycles. The molecule has 4 amide bonds. The number of ketones is 1. The maximum Gasteiger partial charge on any atom is 0.335 e. The predicted octanol–water partition coefficient (Wildman–Crippen LogP) is 0.614.